The van der Waals surface area contributed by atoms with Crippen molar-refractivity contribution in [2.75, 3.05) is 6.54 Å². The fraction of sp³-hybridized carbons (Fsp3) is 0.500. The van der Waals surface area contributed by atoms with Crippen LogP contribution in [0.3, 0.4) is 0 Å². The number of aromatic nitrogens is 3. The Hall–Kier alpha value is -1.42. The van der Waals surface area contributed by atoms with Crippen molar-refractivity contribution in [3.63, 3.8) is 0 Å². The van der Waals surface area contributed by atoms with Crippen LogP contribution in [0.15, 0.2) is 24.7 Å². The average molecular weight is 216 g/mol. The van der Waals surface area contributed by atoms with Crippen LogP contribution in [0.5, 0.6) is 0 Å². The Balaban J connectivity index is 2.09. The summed E-state index contributed by atoms with van der Waals surface area (Å²) in [6, 6.07) is 1.91. The first-order chi connectivity index (χ1) is 7.84. The van der Waals surface area contributed by atoms with E-state index in [-0.39, 0.29) is 5.41 Å². The summed E-state index contributed by atoms with van der Waals surface area (Å²) < 4.78 is 1.84. The van der Waals surface area contributed by atoms with Gasteiger partial charge in [-0.05, 0) is 18.4 Å². The van der Waals surface area contributed by atoms with E-state index in [1.165, 1.54) is 31.2 Å². The summed E-state index contributed by atoms with van der Waals surface area (Å²) in [5, 5.41) is 4.23. The van der Waals surface area contributed by atoms with E-state index in [4.69, 9.17) is 5.73 Å². The summed E-state index contributed by atoms with van der Waals surface area (Å²) in [6.45, 7) is 0.710. The number of hydrogen-bond acceptors (Lipinski definition) is 3. The largest absolute Gasteiger partial charge is 0.330 e. The van der Waals surface area contributed by atoms with Gasteiger partial charge in [-0.2, -0.15) is 5.10 Å². The number of fused-ring (bicyclic) bond motifs is 1. The van der Waals surface area contributed by atoms with Gasteiger partial charge in [0.1, 0.15) is 0 Å². The number of hydrogen-bond donors (Lipinski definition) is 1. The third-order valence-corrected chi connectivity index (χ3v) is 3.81. The van der Waals surface area contributed by atoms with Gasteiger partial charge in [0, 0.05) is 30.4 Å². The Kier molecular flexibility index (Phi) is 2.17. The van der Waals surface area contributed by atoms with Crippen molar-refractivity contribution >= 4 is 5.65 Å². The van der Waals surface area contributed by atoms with E-state index < -0.39 is 0 Å². The Bertz CT molecular complexity index is 496. The van der Waals surface area contributed by atoms with Gasteiger partial charge in [-0.15, -0.1) is 0 Å². The van der Waals surface area contributed by atoms with E-state index in [2.05, 4.69) is 16.3 Å². The maximum absolute atomic E-state index is 5.96. The number of rotatable bonds is 2. The van der Waals surface area contributed by atoms with Gasteiger partial charge in [-0.1, -0.05) is 12.8 Å². The van der Waals surface area contributed by atoms with E-state index in [9.17, 15) is 0 Å². The van der Waals surface area contributed by atoms with Crippen molar-refractivity contribution in [1.82, 2.24) is 14.6 Å². The van der Waals surface area contributed by atoms with Crippen molar-refractivity contribution in [3.8, 4) is 0 Å². The maximum atomic E-state index is 5.96. The molecule has 1 fully saturated rings. The van der Waals surface area contributed by atoms with Gasteiger partial charge in [-0.25, -0.2) is 9.50 Å². The molecule has 1 saturated carbocycles. The standard InChI is InChI=1S/C12H16N4/c13-9-12(4-1-2-5-12)10-7-14-11-3-6-15-16(11)8-10/h3,6-8H,1-2,4-5,9,13H2. The van der Waals surface area contributed by atoms with E-state index in [0.717, 1.165) is 5.65 Å². The molecule has 4 nitrogen and oxygen atoms in total. The molecular formula is C12H16N4. The van der Waals surface area contributed by atoms with Gasteiger partial charge in [-0.3, -0.25) is 0 Å². The molecule has 3 rings (SSSR count). The summed E-state index contributed by atoms with van der Waals surface area (Å²) in [5.41, 5.74) is 8.25. The number of nitrogens with zero attached hydrogens (tertiary/aromatic N) is 3. The van der Waals surface area contributed by atoms with Crippen LogP contribution in [-0.4, -0.2) is 21.1 Å². The van der Waals surface area contributed by atoms with E-state index >= 15 is 0 Å². The molecule has 2 N–H and O–H groups in total. The molecule has 0 spiro atoms. The topological polar surface area (TPSA) is 56.2 Å². The van der Waals surface area contributed by atoms with Crippen molar-refractivity contribution in [2.45, 2.75) is 31.1 Å². The Morgan fingerprint density at radius 3 is 2.94 bits per heavy atom. The van der Waals surface area contributed by atoms with Crippen LogP contribution in [0.2, 0.25) is 0 Å². The van der Waals surface area contributed by atoms with Crippen molar-refractivity contribution in [1.29, 1.82) is 0 Å². The summed E-state index contributed by atoms with van der Waals surface area (Å²) >= 11 is 0. The molecule has 2 aromatic rings. The normalized spacial score (nSPS) is 19.3. The molecule has 2 heterocycles. The lowest BCUT2D eigenvalue weighted by molar-refractivity contribution is 0.448. The summed E-state index contributed by atoms with van der Waals surface area (Å²) in [6.07, 6.45) is 10.7. The maximum Gasteiger partial charge on any atom is 0.154 e. The lowest BCUT2D eigenvalue weighted by Gasteiger charge is -2.27. The summed E-state index contributed by atoms with van der Waals surface area (Å²) in [5.74, 6) is 0. The zero-order valence-electron chi connectivity index (χ0n) is 9.26. The second kappa shape index (κ2) is 3.56. The van der Waals surface area contributed by atoms with Crippen LogP contribution < -0.4 is 5.73 Å². The van der Waals surface area contributed by atoms with Crippen LogP contribution in [0, 0.1) is 0 Å². The van der Waals surface area contributed by atoms with E-state index in [0.29, 0.717) is 6.54 Å². The van der Waals surface area contributed by atoms with Crippen LogP contribution >= 0.6 is 0 Å². The molecule has 4 heteroatoms. The van der Waals surface area contributed by atoms with Gasteiger partial charge in [0.05, 0.1) is 6.20 Å². The minimum atomic E-state index is 0.146. The van der Waals surface area contributed by atoms with Gasteiger partial charge in [0.25, 0.3) is 0 Å². The molecule has 0 aliphatic heterocycles. The molecule has 0 atom stereocenters. The highest BCUT2D eigenvalue weighted by Gasteiger charge is 2.34. The Labute approximate surface area is 94.5 Å². The zero-order valence-corrected chi connectivity index (χ0v) is 9.26. The van der Waals surface area contributed by atoms with Crippen LogP contribution in [0.25, 0.3) is 5.65 Å². The molecule has 0 saturated heterocycles. The van der Waals surface area contributed by atoms with Crippen LogP contribution in [0.1, 0.15) is 31.2 Å². The average Bonchev–Trinajstić information content (AvgIpc) is 2.97. The molecular weight excluding hydrogens is 200 g/mol. The van der Waals surface area contributed by atoms with Crippen molar-refractivity contribution in [2.24, 2.45) is 5.73 Å². The molecule has 1 aliphatic rings. The van der Waals surface area contributed by atoms with E-state index in [1.807, 2.05) is 16.8 Å². The number of nitrogens with two attached hydrogens (primary N) is 1. The first kappa shape index (κ1) is 9.78. The monoisotopic (exact) mass is 216 g/mol. The molecule has 0 amide bonds. The smallest absolute Gasteiger partial charge is 0.154 e. The fourth-order valence-corrected chi connectivity index (χ4v) is 2.75. The summed E-state index contributed by atoms with van der Waals surface area (Å²) in [7, 11) is 0. The highest BCUT2D eigenvalue weighted by Crippen LogP contribution is 2.39. The lowest BCUT2D eigenvalue weighted by atomic mass is 9.80. The molecule has 1 aliphatic carbocycles. The quantitative estimate of drug-likeness (QED) is 0.827. The first-order valence-electron chi connectivity index (χ1n) is 5.84. The second-order valence-corrected chi connectivity index (χ2v) is 4.67. The van der Waals surface area contributed by atoms with Gasteiger partial charge in [0.2, 0.25) is 0 Å². The molecule has 0 aromatic carbocycles. The van der Waals surface area contributed by atoms with Gasteiger partial charge >= 0.3 is 0 Å². The third kappa shape index (κ3) is 1.33. The highest BCUT2D eigenvalue weighted by molar-refractivity contribution is 5.37. The fourth-order valence-electron chi connectivity index (χ4n) is 2.75. The minimum absolute atomic E-state index is 0.146. The van der Waals surface area contributed by atoms with Crippen LogP contribution in [-0.2, 0) is 5.41 Å². The SMILES string of the molecule is NCC1(c2cnc3ccnn3c2)CCCC1. The van der Waals surface area contributed by atoms with Crippen LogP contribution in [0.4, 0.5) is 0 Å². The van der Waals surface area contributed by atoms with Gasteiger partial charge < -0.3 is 5.73 Å². The summed E-state index contributed by atoms with van der Waals surface area (Å²) in [4.78, 5) is 4.42. The zero-order chi connectivity index (χ0) is 11.0. The Morgan fingerprint density at radius 1 is 1.38 bits per heavy atom. The highest BCUT2D eigenvalue weighted by atomic mass is 15.2. The Morgan fingerprint density at radius 2 is 2.19 bits per heavy atom. The van der Waals surface area contributed by atoms with Gasteiger partial charge in [0.15, 0.2) is 5.65 Å². The molecule has 2 aromatic heterocycles. The molecule has 16 heavy (non-hydrogen) atoms. The predicted molar refractivity (Wildman–Crippen MR) is 62.2 cm³/mol. The lowest BCUT2D eigenvalue weighted by Crippen LogP contribution is -2.32. The third-order valence-electron chi connectivity index (χ3n) is 3.81. The van der Waals surface area contributed by atoms with E-state index in [1.54, 1.807) is 6.20 Å². The molecule has 0 unspecified atom stereocenters. The first-order valence-corrected chi connectivity index (χ1v) is 5.84. The minimum Gasteiger partial charge on any atom is -0.330 e. The second-order valence-electron chi connectivity index (χ2n) is 4.67. The van der Waals surface area contributed by atoms with Crippen molar-refractivity contribution < 1.29 is 0 Å². The predicted octanol–water partition coefficient (Wildman–Crippen LogP) is 1.50. The molecule has 0 bridgehead atoms. The van der Waals surface area contributed by atoms with Crippen molar-refractivity contribution in [3.05, 3.63) is 30.2 Å². The molecule has 84 valence electrons. The molecule has 0 radical (unpaired) electrons.